The summed E-state index contributed by atoms with van der Waals surface area (Å²) in [4.78, 5) is 29.3. The maximum Gasteiger partial charge on any atom is 0.316 e. The van der Waals surface area contributed by atoms with Gasteiger partial charge in [0, 0.05) is 16.0 Å². The minimum Gasteiger partial charge on any atom is -0.457 e. The summed E-state index contributed by atoms with van der Waals surface area (Å²) in [7, 11) is 0. The van der Waals surface area contributed by atoms with Crippen molar-refractivity contribution >= 4 is 34.9 Å². The fraction of sp³-hybridized carbons (Fsp3) is 0.368. The predicted molar refractivity (Wildman–Crippen MR) is 100 cm³/mol. The number of thioether (sulfide) groups is 1. The Morgan fingerprint density at radius 2 is 2.19 bits per heavy atom. The largest absolute Gasteiger partial charge is 0.457 e. The van der Waals surface area contributed by atoms with Gasteiger partial charge in [-0.15, -0.1) is 23.1 Å². The van der Waals surface area contributed by atoms with Crippen LogP contribution in [0.3, 0.4) is 0 Å². The fourth-order valence-electron chi connectivity index (χ4n) is 2.83. The summed E-state index contributed by atoms with van der Waals surface area (Å²) in [5, 5.41) is 11.4. The molecule has 0 N–H and O–H groups in total. The Kier molecular flexibility index (Phi) is 6.07. The van der Waals surface area contributed by atoms with Crippen LogP contribution in [-0.4, -0.2) is 29.1 Å². The van der Waals surface area contributed by atoms with Crippen LogP contribution in [0.2, 0.25) is 0 Å². The van der Waals surface area contributed by atoms with Crippen LogP contribution in [0.1, 0.15) is 34.2 Å². The third-order valence-electron chi connectivity index (χ3n) is 4.14. The number of rotatable bonds is 7. The summed E-state index contributed by atoms with van der Waals surface area (Å²) in [6.07, 6.45) is 3.41. The minimum absolute atomic E-state index is 0.139. The summed E-state index contributed by atoms with van der Waals surface area (Å²) in [6, 6.07) is 8.20. The number of ether oxygens (including phenoxy) is 1. The molecule has 1 aliphatic carbocycles. The van der Waals surface area contributed by atoms with Crippen LogP contribution in [0, 0.1) is 18.3 Å². The smallest absolute Gasteiger partial charge is 0.316 e. The molecule has 0 saturated heterocycles. The van der Waals surface area contributed by atoms with E-state index in [0.29, 0.717) is 5.01 Å². The van der Waals surface area contributed by atoms with Gasteiger partial charge in [0.05, 0.1) is 11.8 Å². The van der Waals surface area contributed by atoms with Crippen molar-refractivity contribution in [2.24, 2.45) is 0 Å². The van der Waals surface area contributed by atoms with Gasteiger partial charge in [0.1, 0.15) is 5.01 Å². The van der Waals surface area contributed by atoms with Crippen LogP contribution in [0.4, 0.5) is 0 Å². The SMILES string of the molecule is Cc1csc([C@H](C#N)C(=O)COC(=O)CSc2ccc3c(c2)CCC3)n1. The van der Waals surface area contributed by atoms with Crippen molar-refractivity contribution < 1.29 is 14.3 Å². The van der Waals surface area contributed by atoms with E-state index in [2.05, 4.69) is 17.1 Å². The minimum atomic E-state index is -0.981. The van der Waals surface area contributed by atoms with Crippen molar-refractivity contribution in [1.29, 1.82) is 5.26 Å². The highest BCUT2D eigenvalue weighted by atomic mass is 32.2. The van der Waals surface area contributed by atoms with E-state index in [0.717, 1.165) is 23.4 Å². The standard InChI is InChI=1S/C19H18N2O3S2/c1-12-10-26-19(21-12)16(8-20)17(22)9-24-18(23)11-25-15-6-5-13-3-2-4-14(13)7-15/h5-7,10,16H,2-4,9,11H2,1H3/t16-/m1/s1. The number of ketones is 1. The summed E-state index contributed by atoms with van der Waals surface area (Å²) in [5.74, 6) is -1.75. The van der Waals surface area contributed by atoms with Crippen molar-refractivity contribution in [1.82, 2.24) is 4.98 Å². The van der Waals surface area contributed by atoms with Gasteiger partial charge in [0.25, 0.3) is 0 Å². The summed E-state index contributed by atoms with van der Waals surface area (Å²) in [5.41, 5.74) is 3.51. The lowest BCUT2D eigenvalue weighted by Gasteiger charge is -2.07. The van der Waals surface area contributed by atoms with E-state index in [1.54, 1.807) is 12.3 Å². The Hall–Kier alpha value is -2.17. The second-order valence-electron chi connectivity index (χ2n) is 6.09. The lowest BCUT2D eigenvalue weighted by Crippen LogP contribution is -2.20. The number of carbonyl (C=O) groups is 2. The first kappa shape index (κ1) is 18.6. The Labute approximate surface area is 160 Å². The fourth-order valence-corrected chi connectivity index (χ4v) is 4.45. The molecular formula is C19H18N2O3S2. The van der Waals surface area contributed by atoms with E-state index in [9.17, 15) is 14.9 Å². The van der Waals surface area contributed by atoms with Crippen LogP contribution in [0.15, 0.2) is 28.5 Å². The Bertz CT molecular complexity index is 870. The molecule has 1 aromatic carbocycles. The van der Waals surface area contributed by atoms with E-state index in [1.165, 1.54) is 40.6 Å². The molecule has 7 heteroatoms. The molecular weight excluding hydrogens is 368 g/mol. The highest BCUT2D eigenvalue weighted by Gasteiger charge is 2.24. The highest BCUT2D eigenvalue weighted by molar-refractivity contribution is 8.00. The lowest BCUT2D eigenvalue weighted by atomic mass is 10.1. The van der Waals surface area contributed by atoms with Crippen molar-refractivity contribution in [2.75, 3.05) is 12.4 Å². The second-order valence-corrected chi connectivity index (χ2v) is 8.03. The van der Waals surface area contributed by atoms with Crippen molar-refractivity contribution in [3.63, 3.8) is 0 Å². The highest BCUT2D eigenvalue weighted by Crippen LogP contribution is 2.27. The molecule has 134 valence electrons. The first-order valence-corrected chi connectivity index (χ1v) is 10.2. The zero-order valence-electron chi connectivity index (χ0n) is 14.4. The number of carbonyl (C=O) groups excluding carboxylic acids is 2. The number of hydrogen-bond acceptors (Lipinski definition) is 7. The van der Waals surface area contributed by atoms with E-state index in [-0.39, 0.29) is 5.75 Å². The van der Waals surface area contributed by atoms with Gasteiger partial charge < -0.3 is 4.74 Å². The average molecular weight is 386 g/mol. The summed E-state index contributed by atoms with van der Waals surface area (Å²) < 4.78 is 5.05. The Morgan fingerprint density at radius 3 is 2.92 bits per heavy atom. The van der Waals surface area contributed by atoms with Gasteiger partial charge in [0.2, 0.25) is 0 Å². The first-order valence-electron chi connectivity index (χ1n) is 8.31. The van der Waals surface area contributed by atoms with Crippen LogP contribution in [-0.2, 0) is 27.2 Å². The van der Waals surface area contributed by atoms with Gasteiger partial charge >= 0.3 is 5.97 Å². The number of hydrogen-bond donors (Lipinski definition) is 0. The molecule has 0 radical (unpaired) electrons. The molecule has 0 unspecified atom stereocenters. The number of aryl methyl sites for hydroxylation is 3. The number of aromatic nitrogens is 1. The van der Waals surface area contributed by atoms with Crippen LogP contribution < -0.4 is 0 Å². The van der Waals surface area contributed by atoms with E-state index >= 15 is 0 Å². The molecule has 3 rings (SSSR count). The van der Waals surface area contributed by atoms with E-state index in [1.807, 2.05) is 12.1 Å². The van der Waals surface area contributed by atoms with Gasteiger partial charge in [0.15, 0.2) is 18.3 Å². The van der Waals surface area contributed by atoms with E-state index < -0.39 is 24.3 Å². The molecule has 26 heavy (non-hydrogen) atoms. The molecule has 0 aliphatic heterocycles. The zero-order chi connectivity index (χ0) is 18.5. The van der Waals surface area contributed by atoms with Gasteiger partial charge in [-0.05, 0) is 49.4 Å². The lowest BCUT2D eigenvalue weighted by molar-refractivity contribution is -0.145. The number of Topliss-reactive ketones (excluding diaryl/α,β-unsaturated/α-hetero) is 1. The zero-order valence-corrected chi connectivity index (χ0v) is 16.0. The Morgan fingerprint density at radius 1 is 1.38 bits per heavy atom. The first-order chi connectivity index (χ1) is 12.6. The maximum atomic E-state index is 12.2. The molecule has 2 aromatic rings. The number of nitrogens with zero attached hydrogens (tertiary/aromatic N) is 2. The molecule has 1 heterocycles. The van der Waals surface area contributed by atoms with Gasteiger partial charge in [-0.2, -0.15) is 5.26 Å². The third-order valence-corrected chi connectivity index (χ3v) is 6.13. The Balaban J connectivity index is 1.47. The number of thiazole rings is 1. The number of fused-ring (bicyclic) bond motifs is 1. The topological polar surface area (TPSA) is 80.0 Å². The van der Waals surface area contributed by atoms with Gasteiger partial charge in [-0.1, -0.05) is 6.07 Å². The summed E-state index contributed by atoms with van der Waals surface area (Å²) >= 11 is 2.66. The molecule has 0 amide bonds. The van der Waals surface area contributed by atoms with Gasteiger partial charge in [-0.3, -0.25) is 9.59 Å². The molecule has 0 saturated carbocycles. The number of benzene rings is 1. The van der Waals surface area contributed by atoms with Crippen LogP contribution >= 0.6 is 23.1 Å². The molecule has 0 spiro atoms. The van der Waals surface area contributed by atoms with Crippen LogP contribution in [0.5, 0.6) is 0 Å². The predicted octanol–water partition coefficient (Wildman–Crippen LogP) is 3.45. The molecule has 1 atom stereocenters. The third kappa shape index (κ3) is 4.51. The summed E-state index contributed by atoms with van der Waals surface area (Å²) in [6.45, 7) is 1.40. The van der Waals surface area contributed by atoms with Gasteiger partial charge in [-0.25, -0.2) is 4.98 Å². The second kappa shape index (κ2) is 8.47. The normalized spacial score (nSPS) is 13.7. The average Bonchev–Trinajstić information content (AvgIpc) is 3.27. The van der Waals surface area contributed by atoms with Crippen molar-refractivity contribution in [3.8, 4) is 6.07 Å². The number of esters is 1. The van der Waals surface area contributed by atoms with Crippen molar-refractivity contribution in [3.05, 3.63) is 45.4 Å². The molecule has 0 fully saturated rings. The maximum absolute atomic E-state index is 12.2. The molecule has 0 bridgehead atoms. The molecule has 1 aromatic heterocycles. The monoisotopic (exact) mass is 386 g/mol. The van der Waals surface area contributed by atoms with Crippen LogP contribution in [0.25, 0.3) is 0 Å². The quantitative estimate of drug-likeness (QED) is 0.536. The van der Waals surface area contributed by atoms with E-state index in [4.69, 9.17) is 4.74 Å². The molecule has 5 nitrogen and oxygen atoms in total. The number of nitriles is 1. The molecule has 1 aliphatic rings. The van der Waals surface area contributed by atoms with Crippen molar-refractivity contribution in [2.45, 2.75) is 37.0 Å².